The van der Waals surface area contributed by atoms with Gasteiger partial charge in [0.15, 0.2) is 17.4 Å². The molecule has 1 aromatic rings. The molecule has 0 aliphatic carbocycles. The number of alkyl halides is 1. The molecule has 0 aromatic heterocycles. The molecule has 14 heavy (non-hydrogen) atoms. The van der Waals surface area contributed by atoms with Gasteiger partial charge in [0.25, 0.3) is 0 Å². The first-order valence-corrected chi connectivity index (χ1v) is 4.13. The van der Waals surface area contributed by atoms with Crippen molar-refractivity contribution in [1.29, 1.82) is 0 Å². The van der Waals surface area contributed by atoms with Gasteiger partial charge in [-0.05, 0) is 0 Å². The molecule has 0 N–H and O–H groups in total. The van der Waals surface area contributed by atoms with E-state index in [0.29, 0.717) is 0 Å². The van der Waals surface area contributed by atoms with Gasteiger partial charge in [-0.3, -0.25) is 0 Å². The summed E-state index contributed by atoms with van der Waals surface area (Å²) < 4.78 is 55.2. The van der Waals surface area contributed by atoms with E-state index < -0.39 is 29.0 Å². The summed E-state index contributed by atoms with van der Waals surface area (Å²) in [5.74, 6) is -7.26. The summed E-state index contributed by atoms with van der Waals surface area (Å²) in [7, 11) is 0. The number of hydrogen-bond acceptors (Lipinski definition) is 1. The Hall–Kier alpha value is -0.970. The van der Waals surface area contributed by atoms with E-state index in [9.17, 15) is 17.6 Å². The molecule has 0 saturated heterocycles. The Morgan fingerprint density at radius 2 is 1.57 bits per heavy atom. The van der Waals surface area contributed by atoms with Crippen molar-refractivity contribution in [1.82, 2.24) is 0 Å². The van der Waals surface area contributed by atoms with E-state index in [2.05, 4.69) is 4.74 Å². The molecule has 0 saturated carbocycles. The summed E-state index contributed by atoms with van der Waals surface area (Å²) >= 11 is 5.18. The lowest BCUT2D eigenvalue weighted by atomic mass is 10.3. The normalized spacial score (nSPS) is 10.4. The number of rotatable bonds is 3. The van der Waals surface area contributed by atoms with Crippen LogP contribution in [0, 0.1) is 23.3 Å². The van der Waals surface area contributed by atoms with E-state index in [4.69, 9.17) is 11.6 Å². The molecule has 0 radical (unpaired) electrons. The zero-order valence-electron chi connectivity index (χ0n) is 6.79. The Morgan fingerprint density at radius 3 is 2.00 bits per heavy atom. The van der Waals surface area contributed by atoms with Crippen molar-refractivity contribution in [2.45, 2.75) is 0 Å². The van der Waals surface area contributed by atoms with Crippen LogP contribution >= 0.6 is 11.6 Å². The summed E-state index contributed by atoms with van der Waals surface area (Å²) in [6.07, 6.45) is 0. The first-order chi connectivity index (χ1) is 6.57. The molecular formula is C8H5ClF4O. The van der Waals surface area contributed by atoms with Gasteiger partial charge in [0.1, 0.15) is 6.61 Å². The molecule has 0 heterocycles. The highest BCUT2D eigenvalue weighted by Gasteiger charge is 2.20. The Bertz CT molecular complexity index is 316. The average molecular weight is 229 g/mol. The van der Waals surface area contributed by atoms with Crippen molar-refractivity contribution < 1.29 is 22.3 Å². The second-order valence-electron chi connectivity index (χ2n) is 2.33. The molecule has 0 unspecified atom stereocenters. The van der Waals surface area contributed by atoms with E-state index in [0.717, 1.165) is 0 Å². The molecule has 0 aliphatic heterocycles. The first-order valence-electron chi connectivity index (χ1n) is 3.59. The van der Waals surface area contributed by atoms with Gasteiger partial charge in [0, 0.05) is 6.07 Å². The summed E-state index contributed by atoms with van der Waals surface area (Å²) in [5.41, 5.74) is 0. The van der Waals surface area contributed by atoms with Gasteiger partial charge in [-0.2, -0.15) is 8.78 Å². The average Bonchev–Trinajstić information content (AvgIpc) is 2.15. The van der Waals surface area contributed by atoms with Crippen molar-refractivity contribution in [3.8, 4) is 5.75 Å². The quantitative estimate of drug-likeness (QED) is 0.439. The Kier molecular flexibility index (Phi) is 3.57. The third kappa shape index (κ3) is 2.09. The van der Waals surface area contributed by atoms with Gasteiger partial charge in [-0.25, -0.2) is 8.78 Å². The van der Waals surface area contributed by atoms with E-state index in [1.807, 2.05) is 0 Å². The Labute approximate surface area is 82.2 Å². The lowest BCUT2D eigenvalue weighted by Crippen LogP contribution is -2.05. The van der Waals surface area contributed by atoms with Crippen LogP contribution in [0.15, 0.2) is 6.07 Å². The highest BCUT2D eigenvalue weighted by atomic mass is 35.5. The fourth-order valence-corrected chi connectivity index (χ4v) is 0.896. The van der Waals surface area contributed by atoms with Gasteiger partial charge < -0.3 is 4.74 Å². The SMILES string of the molecule is Fc1cc(F)c(F)c(OCCCl)c1F. The highest BCUT2D eigenvalue weighted by Crippen LogP contribution is 2.26. The minimum Gasteiger partial charge on any atom is -0.486 e. The van der Waals surface area contributed by atoms with Gasteiger partial charge in [0.2, 0.25) is 11.6 Å². The van der Waals surface area contributed by atoms with Crippen LogP contribution in [-0.2, 0) is 0 Å². The van der Waals surface area contributed by atoms with E-state index in [1.54, 1.807) is 0 Å². The third-order valence-corrected chi connectivity index (χ3v) is 1.55. The zero-order valence-corrected chi connectivity index (χ0v) is 7.55. The van der Waals surface area contributed by atoms with Crippen LogP contribution in [0.5, 0.6) is 5.75 Å². The van der Waals surface area contributed by atoms with Crippen molar-refractivity contribution in [3.05, 3.63) is 29.3 Å². The standard InChI is InChI=1S/C8H5ClF4O/c9-1-2-14-8-6(12)4(10)3-5(11)7(8)13/h3H,1-2H2. The molecule has 0 atom stereocenters. The number of benzene rings is 1. The molecule has 0 amide bonds. The molecule has 1 nitrogen and oxygen atoms in total. The Morgan fingerprint density at radius 1 is 1.07 bits per heavy atom. The van der Waals surface area contributed by atoms with Gasteiger partial charge in [0.05, 0.1) is 5.88 Å². The van der Waals surface area contributed by atoms with E-state index >= 15 is 0 Å². The molecule has 0 aliphatic rings. The van der Waals surface area contributed by atoms with Gasteiger partial charge in [-0.15, -0.1) is 11.6 Å². The molecule has 0 spiro atoms. The number of ether oxygens (including phenoxy) is 1. The van der Waals surface area contributed by atoms with Crippen molar-refractivity contribution in [3.63, 3.8) is 0 Å². The topological polar surface area (TPSA) is 9.23 Å². The zero-order chi connectivity index (χ0) is 10.7. The maximum Gasteiger partial charge on any atom is 0.203 e. The second-order valence-corrected chi connectivity index (χ2v) is 2.71. The van der Waals surface area contributed by atoms with Crippen LogP contribution in [-0.4, -0.2) is 12.5 Å². The highest BCUT2D eigenvalue weighted by molar-refractivity contribution is 6.17. The van der Waals surface area contributed by atoms with Crippen LogP contribution in [0.4, 0.5) is 17.6 Å². The molecule has 1 rings (SSSR count). The van der Waals surface area contributed by atoms with Crippen LogP contribution in [0.1, 0.15) is 0 Å². The molecular weight excluding hydrogens is 224 g/mol. The van der Waals surface area contributed by atoms with Crippen LogP contribution in [0.2, 0.25) is 0 Å². The Balaban J connectivity index is 3.11. The molecule has 0 bridgehead atoms. The monoisotopic (exact) mass is 228 g/mol. The van der Waals surface area contributed by atoms with Crippen LogP contribution < -0.4 is 4.74 Å². The van der Waals surface area contributed by atoms with Crippen molar-refractivity contribution in [2.24, 2.45) is 0 Å². The second kappa shape index (κ2) is 4.50. The van der Waals surface area contributed by atoms with Crippen LogP contribution in [0.25, 0.3) is 0 Å². The predicted octanol–water partition coefficient (Wildman–Crippen LogP) is 2.86. The molecule has 6 heteroatoms. The van der Waals surface area contributed by atoms with E-state index in [-0.39, 0.29) is 18.6 Å². The van der Waals surface area contributed by atoms with Crippen molar-refractivity contribution in [2.75, 3.05) is 12.5 Å². The van der Waals surface area contributed by atoms with Gasteiger partial charge >= 0.3 is 0 Å². The first kappa shape index (κ1) is 11.1. The maximum absolute atomic E-state index is 12.8. The molecule has 0 fully saturated rings. The van der Waals surface area contributed by atoms with Gasteiger partial charge in [-0.1, -0.05) is 0 Å². The predicted molar refractivity (Wildman–Crippen MR) is 42.5 cm³/mol. The fourth-order valence-electron chi connectivity index (χ4n) is 0.819. The third-order valence-electron chi connectivity index (χ3n) is 1.40. The van der Waals surface area contributed by atoms with Crippen LogP contribution in [0.3, 0.4) is 0 Å². The smallest absolute Gasteiger partial charge is 0.203 e. The molecule has 78 valence electrons. The lowest BCUT2D eigenvalue weighted by molar-refractivity contribution is 0.288. The fraction of sp³-hybridized carbons (Fsp3) is 0.250. The summed E-state index contributed by atoms with van der Waals surface area (Å²) in [4.78, 5) is 0. The summed E-state index contributed by atoms with van der Waals surface area (Å²) in [6, 6.07) is 0.109. The summed E-state index contributed by atoms with van der Waals surface area (Å²) in [5, 5.41) is 0. The lowest BCUT2D eigenvalue weighted by Gasteiger charge is -2.07. The van der Waals surface area contributed by atoms with E-state index in [1.165, 1.54) is 0 Å². The number of hydrogen-bond donors (Lipinski definition) is 0. The minimum atomic E-state index is -1.56. The van der Waals surface area contributed by atoms with Crippen molar-refractivity contribution >= 4 is 11.6 Å². The minimum absolute atomic E-state index is 0.0446. The number of halogens is 5. The maximum atomic E-state index is 12.8. The largest absolute Gasteiger partial charge is 0.486 e. The molecule has 1 aromatic carbocycles. The summed E-state index contributed by atoms with van der Waals surface area (Å²) in [6.45, 7) is -0.238.